The largest absolute Gasteiger partial charge is 0.300 e. The molecule has 2 aliphatic carbocycles. The third kappa shape index (κ3) is 5.97. The Morgan fingerprint density at radius 2 is 1.18 bits per heavy atom. The Morgan fingerprint density at radius 1 is 0.676 bits per heavy atom. The molecule has 2 saturated carbocycles. The summed E-state index contributed by atoms with van der Waals surface area (Å²) in [5, 5.41) is 3.12. The van der Waals surface area contributed by atoms with E-state index in [2.05, 4.69) is 72.5 Å². The van der Waals surface area contributed by atoms with Gasteiger partial charge in [0.05, 0.1) is 0 Å². The molecule has 0 unspecified atom stereocenters. The second-order valence-corrected chi connectivity index (χ2v) is 16.3. The predicted molar refractivity (Wildman–Crippen MR) is 154 cm³/mol. The summed E-state index contributed by atoms with van der Waals surface area (Å²) in [5.74, 6) is 0. The molecule has 3 aliphatic rings. The zero-order valence-electron chi connectivity index (χ0n) is 21.3. The molecule has 2 aromatic carbocycles. The summed E-state index contributed by atoms with van der Waals surface area (Å²) < 4.78 is 0. The van der Waals surface area contributed by atoms with Gasteiger partial charge >= 0.3 is 0 Å². The molecule has 1 saturated heterocycles. The Morgan fingerprint density at radius 3 is 1.65 bits per heavy atom. The smallest absolute Gasteiger partial charge is 0.0147 e. The van der Waals surface area contributed by atoms with E-state index in [1.807, 2.05) is 0 Å². The van der Waals surface area contributed by atoms with Crippen LogP contribution < -0.4 is 10.6 Å². The molecular formula is C31H45NP2. The third-order valence-corrected chi connectivity index (χ3v) is 15.4. The normalized spacial score (nSPS) is 25.4. The summed E-state index contributed by atoms with van der Waals surface area (Å²) in [6.07, 6.45) is 18.1. The molecule has 2 atom stereocenters. The van der Waals surface area contributed by atoms with Crippen molar-refractivity contribution in [2.24, 2.45) is 0 Å². The highest BCUT2D eigenvalue weighted by Crippen LogP contribution is 2.61. The summed E-state index contributed by atoms with van der Waals surface area (Å²) in [5.41, 5.74) is 3.16. The SMILES string of the molecule is CCN1C[C@@H](P(C2CCCCC2)C2CCCCC2)C[C@H]1CP(c1ccccc1)c1ccccc1. The van der Waals surface area contributed by atoms with Crippen LogP contribution in [0.3, 0.4) is 0 Å². The van der Waals surface area contributed by atoms with Gasteiger partial charge in [-0.05, 0) is 80.3 Å². The molecular weight excluding hydrogens is 448 g/mol. The van der Waals surface area contributed by atoms with Gasteiger partial charge in [0, 0.05) is 12.6 Å². The van der Waals surface area contributed by atoms with E-state index >= 15 is 0 Å². The molecule has 3 fully saturated rings. The van der Waals surface area contributed by atoms with E-state index in [0.717, 1.165) is 23.0 Å². The van der Waals surface area contributed by atoms with Crippen LogP contribution in [0.1, 0.15) is 77.6 Å². The summed E-state index contributed by atoms with van der Waals surface area (Å²) in [4.78, 5) is 2.91. The van der Waals surface area contributed by atoms with E-state index in [-0.39, 0.29) is 15.8 Å². The lowest BCUT2D eigenvalue weighted by Gasteiger charge is -2.42. The summed E-state index contributed by atoms with van der Waals surface area (Å²) in [7, 11) is -0.121. The van der Waals surface area contributed by atoms with E-state index in [1.54, 1.807) is 36.3 Å². The number of hydrogen-bond donors (Lipinski definition) is 0. The van der Waals surface area contributed by atoms with E-state index < -0.39 is 0 Å². The highest BCUT2D eigenvalue weighted by Gasteiger charge is 2.42. The summed E-state index contributed by atoms with van der Waals surface area (Å²) in [6.45, 7) is 5.05. The Labute approximate surface area is 211 Å². The molecule has 0 aromatic heterocycles. The van der Waals surface area contributed by atoms with Crippen molar-refractivity contribution < 1.29 is 0 Å². The first kappa shape index (κ1) is 24.9. The lowest BCUT2D eigenvalue weighted by atomic mass is 9.99. The van der Waals surface area contributed by atoms with Gasteiger partial charge in [-0.25, -0.2) is 0 Å². The van der Waals surface area contributed by atoms with Crippen LogP contribution in [-0.4, -0.2) is 47.2 Å². The minimum absolute atomic E-state index is 0.175. The van der Waals surface area contributed by atoms with Crippen LogP contribution in [0.5, 0.6) is 0 Å². The number of hydrogen-bond acceptors (Lipinski definition) is 1. The minimum Gasteiger partial charge on any atom is -0.300 e. The molecule has 1 heterocycles. The van der Waals surface area contributed by atoms with Gasteiger partial charge in [0.25, 0.3) is 0 Å². The molecule has 34 heavy (non-hydrogen) atoms. The van der Waals surface area contributed by atoms with Crippen LogP contribution in [0.25, 0.3) is 0 Å². The molecule has 5 rings (SSSR count). The molecule has 0 spiro atoms. The van der Waals surface area contributed by atoms with Crippen molar-refractivity contribution in [3.8, 4) is 0 Å². The topological polar surface area (TPSA) is 3.24 Å². The van der Waals surface area contributed by atoms with Gasteiger partial charge in [0.2, 0.25) is 0 Å². The molecule has 0 N–H and O–H groups in total. The average Bonchev–Trinajstić information content (AvgIpc) is 3.32. The van der Waals surface area contributed by atoms with Gasteiger partial charge in [-0.3, -0.25) is 4.90 Å². The van der Waals surface area contributed by atoms with E-state index in [1.165, 1.54) is 64.2 Å². The Bertz CT molecular complexity index is 787. The fourth-order valence-corrected chi connectivity index (χ4v) is 14.4. The molecule has 1 nitrogen and oxygen atoms in total. The zero-order chi connectivity index (χ0) is 23.2. The maximum absolute atomic E-state index is 2.91. The van der Waals surface area contributed by atoms with Crippen LogP contribution in [0, 0.1) is 0 Å². The Kier molecular flexibility index (Phi) is 9.15. The summed E-state index contributed by atoms with van der Waals surface area (Å²) >= 11 is 0. The fourth-order valence-electron chi connectivity index (χ4n) is 7.19. The monoisotopic (exact) mass is 493 g/mol. The van der Waals surface area contributed by atoms with Crippen molar-refractivity contribution in [3.05, 3.63) is 60.7 Å². The lowest BCUT2D eigenvalue weighted by Crippen LogP contribution is -2.34. The van der Waals surface area contributed by atoms with Gasteiger partial charge in [-0.1, -0.05) is 114 Å². The van der Waals surface area contributed by atoms with Crippen LogP contribution in [0.15, 0.2) is 60.7 Å². The standard InChI is InChI=1S/C31H45NP2/c1-2-32-24-31(34(29-19-11-5-12-20-29)30-21-13-6-14-22-30)23-26(32)25-33(27-15-7-3-8-16-27)28-17-9-4-10-18-28/h3-4,7-10,15-18,26,29-31H,2,5-6,11-14,19-25H2,1H3/t26-,31-/m0/s1. The third-order valence-electron chi connectivity index (χ3n) is 8.86. The van der Waals surface area contributed by atoms with Crippen molar-refractivity contribution in [2.45, 2.75) is 101 Å². The zero-order valence-corrected chi connectivity index (χ0v) is 23.1. The van der Waals surface area contributed by atoms with Crippen LogP contribution in [-0.2, 0) is 0 Å². The van der Waals surface area contributed by atoms with Crippen LogP contribution in [0.4, 0.5) is 0 Å². The number of likely N-dealkylation sites (tertiary alicyclic amines) is 1. The van der Waals surface area contributed by atoms with Crippen molar-refractivity contribution in [1.29, 1.82) is 0 Å². The van der Waals surface area contributed by atoms with Gasteiger partial charge in [-0.2, -0.15) is 0 Å². The van der Waals surface area contributed by atoms with E-state index in [4.69, 9.17) is 0 Å². The first-order chi connectivity index (χ1) is 16.8. The second-order valence-electron chi connectivity index (χ2n) is 10.9. The molecule has 3 heteroatoms. The van der Waals surface area contributed by atoms with Gasteiger partial charge < -0.3 is 0 Å². The predicted octanol–water partition coefficient (Wildman–Crippen LogP) is 7.73. The highest BCUT2D eigenvalue weighted by atomic mass is 31.1. The van der Waals surface area contributed by atoms with Crippen molar-refractivity contribution in [1.82, 2.24) is 4.90 Å². The number of rotatable bonds is 8. The highest BCUT2D eigenvalue weighted by molar-refractivity contribution is 7.73. The van der Waals surface area contributed by atoms with Crippen molar-refractivity contribution >= 4 is 26.5 Å². The van der Waals surface area contributed by atoms with Gasteiger partial charge in [-0.15, -0.1) is 0 Å². The quantitative estimate of drug-likeness (QED) is 0.340. The number of benzene rings is 2. The first-order valence-electron chi connectivity index (χ1n) is 14.2. The molecule has 2 aromatic rings. The Hall–Kier alpha value is -0.740. The van der Waals surface area contributed by atoms with Crippen molar-refractivity contribution in [3.63, 3.8) is 0 Å². The first-order valence-corrected chi connectivity index (χ1v) is 17.3. The summed E-state index contributed by atoms with van der Waals surface area (Å²) in [6, 6.07) is 23.6. The van der Waals surface area contributed by atoms with Crippen LogP contribution >= 0.6 is 15.8 Å². The average molecular weight is 494 g/mol. The lowest BCUT2D eigenvalue weighted by molar-refractivity contribution is 0.287. The maximum Gasteiger partial charge on any atom is 0.0147 e. The van der Waals surface area contributed by atoms with Gasteiger partial charge in [0.1, 0.15) is 0 Å². The fraction of sp³-hybridized carbons (Fsp3) is 0.613. The second kappa shape index (κ2) is 12.5. The number of nitrogens with zero attached hydrogens (tertiary/aromatic N) is 1. The van der Waals surface area contributed by atoms with Crippen molar-refractivity contribution in [2.75, 3.05) is 19.3 Å². The van der Waals surface area contributed by atoms with Crippen LogP contribution in [0.2, 0.25) is 0 Å². The minimum atomic E-state index is -0.296. The van der Waals surface area contributed by atoms with Gasteiger partial charge in [0.15, 0.2) is 0 Å². The molecule has 184 valence electrons. The van der Waals surface area contributed by atoms with E-state index in [0.29, 0.717) is 0 Å². The molecule has 1 aliphatic heterocycles. The molecule has 0 radical (unpaired) electrons. The Balaban J connectivity index is 1.37. The molecule has 0 amide bonds. The maximum atomic E-state index is 2.91. The molecule has 0 bridgehead atoms. The van der Waals surface area contributed by atoms with E-state index in [9.17, 15) is 0 Å².